The van der Waals surface area contributed by atoms with E-state index in [4.69, 9.17) is 4.74 Å². The van der Waals surface area contributed by atoms with Crippen molar-refractivity contribution in [1.29, 1.82) is 0 Å². The minimum atomic E-state index is -0.0873. The number of nitrogens with zero attached hydrogens (tertiary/aromatic N) is 2. The third kappa shape index (κ3) is 6.11. The van der Waals surface area contributed by atoms with Crippen molar-refractivity contribution in [3.8, 4) is 0 Å². The van der Waals surface area contributed by atoms with Gasteiger partial charge in [0.15, 0.2) is 5.96 Å². The summed E-state index contributed by atoms with van der Waals surface area (Å²) in [4.78, 5) is 18.0. The largest absolute Gasteiger partial charge is 0.469 e. The molecular formula is C14H26IN3O2. The summed E-state index contributed by atoms with van der Waals surface area (Å²) in [5, 5.41) is 3.34. The molecule has 0 saturated carbocycles. The molecule has 20 heavy (non-hydrogen) atoms. The van der Waals surface area contributed by atoms with Crippen LogP contribution in [0.25, 0.3) is 0 Å². The van der Waals surface area contributed by atoms with Crippen molar-refractivity contribution in [3.05, 3.63) is 12.2 Å². The predicted molar refractivity (Wildman–Crippen MR) is 92.5 cm³/mol. The van der Waals surface area contributed by atoms with Crippen LogP contribution in [-0.2, 0) is 9.53 Å². The van der Waals surface area contributed by atoms with Crippen LogP contribution in [0.4, 0.5) is 0 Å². The van der Waals surface area contributed by atoms with Gasteiger partial charge in [0.05, 0.1) is 13.0 Å². The van der Waals surface area contributed by atoms with Crippen LogP contribution in [-0.4, -0.2) is 50.6 Å². The molecule has 1 heterocycles. The number of halogens is 1. The second-order valence-electron chi connectivity index (χ2n) is 4.62. The molecule has 5 nitrogen and oxygen atoms in total. The van der Waals surface area contributed by atoms with Crippen LogP contribution >= 0.6 is 24.0 Å². The van der Waals surface area contributed by atoms with Gasteiger partial charge >= 0.3 is 5.97 Å². The van der Waals surface area contributed by atoms with Crippen molar-refractivity contribution in [2.45, 2.75) is 26.2 Å². The van der Waals surface area contributed by atoms with Crippen LogP contribution in [0.15, 0.2) is 17.1 Å². The van der Waals surface area contributed by atoms with Gasteiger partial charge in [0, 0.05) is 26.7 Å². The first-order chi connectivity index (χ1) is 9.22. The Labute approximate surface area is 138 Å². The minimum absolute atomic E-state index is 0. The van der Waals surface area contributed by atoms with E-state index in [-0.39, 0.29) is 35.9 Å². The smallest absolute Gasteiger partial charge is 0.308 e. The van der Waals surface area contributed by atoms with E-state index in [0.717, 1.165) is 44.9 Å². The Kier molecular flexibility index (Phi) is 10.5. The van der Waals surface area contributed by atoms with Crippen LogP contribution in [0.5, 0.6) is 0 Å². The van der Waals surface area contributed by atoms with Crippen molar-refractivity contribution in [3.63, 3.8) is 0 Å². The third-order valence-corrected chi connectivity index (χ3v) is 3.37. The van der Waals surface area contributed by atoms with Crippen molar-refractivity contribution >= 4 is 35.9 Å². The maximum absolute atomic E-state index is 11.5. The quantitative estimate of drug-likeness (QED) is 0.198. The molecule has 1 aliphatic heterocycles. The molecule has 1 fully saturated rings. The van der Waals surface area contributed by atoms with Gasteiger partial charge in [-0.05, 0) is 26.2 Å². The molecule has 1 aliphatic rings. The normalized spacial score (nSPS) is 16.9. The van der Waals surface area contributed by atoms with Crippen LogP contribution < -0.4 is 5.32 Å². The Bertz CT molecular complexity index is 337. The summed E-state index contributed by atoms with van der Waals surface area (Å²) in [6.45, 7) is 4.60. The van der Waals surface area contributed by atoms with Gasteiger partial charge in [-0.15, -0.1) is 24.0 Å². The maximum atomic E-state index is 11.5. The highest BCUT2D eigenvalue weighted by atomic mass is 127. The monoisotopic (exact) mass is 395 g/mol. The number of ether oxygens (including phenoxy) is 1. The summed E-state index contributed by atoms with van der Waals surface area (Å²) in [6.07, 6.45) is 6.84. The molecular weight excluding hydrogens is 369 g/mol. The van der Waals surface area contributed by atoms with Gasteiger partial charge < -0.3 is 15.0 Å². The lowest BCUT2D eigenvalue weighted by Gasteiger charge is -2.33. The molecule has 0 bridgehead atoms. The number of likely N-dealkylation sites (tertiary alicyclic amines) is 1. The van der Waals surface area contributed by atoms with Crippen LogP contribution in [0.2, 0.25) is 0 Å². The molecule has 0 unspecified atom stereocenters. The average Bonchev–Trinajstić information content (AvgIpc) is 2.47. The molecule has 116 valence electrons. The Morgan fingerprint density at radius 1 is 1.45 bits per heavy atom. The number of hydrogen-bond donors (Lipinski definition) is 1. The highest BCUT2D eigenvalue weighted by Crippen LogP contribution is 2.18. The molecule has 1 N–H and O–H groups in total. The van der Waals surface area contributed by atoms with Gasteiger partial charge in [-0.25, -0.2) is 0 Å². The lowest BCUT2D eigenvalue weighted by molar-refractivity contribution is -0.146. The summed E-state index contributed by atoms with van der Waals surface area (Å²) >= 11 is 0. The van der Waals surface area contributed by atoms with E-state index >= 15 is 0 Å². The summed E-state index contributed by atoms with van der Waals surface area (Å²) in [6, 6.07) is 0. The first kappa shape index (κ1) is 19.2. The number of hydrogen-bond acceptors (Lipinski definition) is 3. The molecule has 0 aromatic heterocycles. The SMILES string of the molecule is CC=CCCNC(=NC)N1CCC(C(=O)OC)CC1.I. The number of rotatable bonds is 4. The number of carbonyl (C=O) groups excluding carboxylic acids is 1. The number of aliphatic imine (C=N–C) groups is 1. The number of allylic oxidation sites excluding steroid dienone is 1. The van der Waals surface area contributed by atoms with E-state index < -0.39 is 0 Å². The lowest BCUT2D eigenvalue weighted by Crippen LogP contribution is -2.46. The predicted octanol–water partition coefficient (Wildman–Crippen LogP) is 2.03. The standard InChI is InChI=1S/C14H25N3O2.HI/c1-4-5-6-9-16-14(15-2)17-10-7-12(8-11-17)13(18)19-3;/h4-5,12H,6-11H2,1-3H3,(H,15,16);1H. The molecule has 6 heteroatoms. The zero-order chi connectivity index (χ0) is 14.1. The summed E-state index contributed by atoms with van der Waals surface area (Å²) in [7, 11) is 3.25. The van der Waals surface area contributed by atoms with Gasteiger partial charge in [0.25, 0.3) is 0 Å². The molecule has 0 aromatic rings. The number of nitrogens with one attached hydrogen (secondary N) is 1. The van der Waals surface area contributed by atoms with Crippen molar-refractivity contribution in [2.24, 2.45) is 10.9 Å². The Morgan fingerprint density at radius 3 is 2.60 bits per heavy atom. The topological polar surface area (TPSA) is 53.9 Å². The fourth-order valence-electron chi connectivity index (χ4n) is 2.26. The molecule has 0 aliphatic carbocycles. The fraction of sp³-hybridized carbons (Fsp3) is 0.714. The summed E-state index contributed by atoms with van der Waals surface area (Å²) < 4.78 is 4.79. The van der Waals surface area contributed by atoms with Gasteiger partial charge in [0.1, 0.15) is 0 Å². The van der Waals surface area contributed by atoms with E-state index in [2.05, 4.69) is 21.3 Å². The first-order valence-corrected chi connectivity index (χ1v) is 6.87. The van der Waals surface area contributed by atoms with E-state index in [0.29, 0.717) is 0 Å². The van der Waals surface area contributed by atoms with Gasteiger partial charge in [-0.3, -0.25) is 9.79 Å². The fourth-order valence-corrected chi connectivity index (χ4v) is 2.26. The van der Waals surface area contributed by atoms with Crippen LogP contribution in [0.1, 0.15) is 26.2 Å². The van der Waals surface area contributed by atoms with E-state index in [1.54, 1.807) is 7.05 Å². The number of methoxy groups -OCH3 is 1. The maximum Gasteiger partial charge on any atom is 0.308 e. The Morgan fingerprint density at radius 2 is 2.10 bits per heavy atom. The van der Waals surface area contributed by atoms with E-state index in [1.807, 2.05) is 13.0 Å². The molecule has 0 radical (unpaired) electrons. The van der Waals surface area contributed by atoms with Crippen LogP contribution in [0, 0.1) is 5.92 Å². The Hall–Kier alpha value is -0.790. The summed E-state index contributed by atoms with van der Waals surface area (Å²) in [5.74, 6) is 0.880. The zero-order valence-electron chi connectivity index (χ0n) is 12.6. The first-order valence-electron chi connectivity index (χ1n) is 6.87. The average molecular weight is 395 g/mol. The number of carbonyl (C=O) groups is 1. The number of piperidine rings is 1. The highest BCUT2D eigenvalue weighted by Gasteiger charge is 2.26. The van der Waals surface area contributed by atoms with Gasteiger partial charge in [-0.1, -0.05) is 12.2 Å². The van der Waals surface area contributed by atoms with Crippen molar-refractivity contribution < 1.29 is 9.53 Å². The molecule has 0 aromatic carbocycles. The van der Waals surface area contributed by atoms with Crippen molar-refractivity contribution in [2.75, 3.05) is 33.8 Å². The second kappa shape index (κ2) is 10.9. The lowest BCUT2D eigenvalue weighted by atomic mass is 9.97. The molecule has 0 amide bonds. The molecule has 1 rings (SSSR count). The minimum Gasteiger partial charge on any atom is -0.469 e. The zero-order valence-corrected chi connectivity index (χ0v) is 14.9. The number of guanidine groups is 1. The molecule has 0 spiro atoms. The summed E-state index contributed by atoms with van der Waals surface area (Å²) in [5.41, 5.74) is 0. The van der Waals surface area contributed by atoms with Gasteiger partial charge in [-0.2, -0.15) is 0 Å². The van der Waals surface area contributed by atoms with Gasteiger partial charge in [0.2, 0.25) is 0 Å². The van der Waals surface area contributed by atoms with E-state index in [1.165, 1.54) is 7.11 Å². The van der Waals surface area contributed by atoms with E-state index in [9.17, 15) is 4.79 Å². The third-order valence-electron chi connectivity index (χ3n) is 3.37. The number of esters is 1. The van der Waals surface area contributed by atoms with Crippen molar-refractivity contribution in [1.82, 2.24) is 10.2 Å². The van der Waals surface area contributed by atoms with Crippen LogP contribution in [0.3, 0.4) is 0 Å². The molecule has 0 atom stereocenters. The molecule has 1 saturated heterocycles. The highest BCUT2D eigenvalue weighted by molar-refractivity contribution is 14.0. The Balaban J connectivity index is 0.00000361. The second-order valence-corrected chi connectivity index (χ2v) is 4.62.